The van der Waals surface area contributed by atoms with E-state index in [1.807, 2.05) is 44.2 Å². The number of carbonyl (C=O) groups excluding carboxylic acids is 2. The van der Waals surface area contributed by atoms with Crippen molar-refractivity contribution in [2.75, 3.05) is 5.32 Å². The van der Waals surface area contributed by atoms with E-state index in [1.165, 1.54) is 9.58 Å². The van der Waals surface area contributed by atoms with E-state index < -0.39 is 17.8 Å². The van der Waals surface area contributed by atoms with Gasteiger partial charge in [0.15, 0.2) is 5.82 Å². The van der Waals surface area contributed by atoms with Gasteiger partial charge < -0.3 is 9.47 Å². The number of benzene rings is 1. The summed E-state index contributed by atoms with van der Waals surface area (Å²) in [5, 5.41) is 6.83. The Kier molecular flexibility index (Phi) is 7.77. The summed E-state index contributed by atoms with van der Waals surface area (Å²) in [5.74, 6) is 0.570. The van der Waals surface area contributed by atoms with Crippen LogP contribution in [0.25, 0.3) is 5.95 Å². The topological polar surface area (TPSA) is 124 Å². The predicted octanol–water partition coefficient (Wildman–Crippen LogP) is 3.95. The standard InChI is InChI=1S/C23H29N7O4/c1-16(2)29(22(32)34-23(3,4)5)14-18-26-19(28-30(18)20-24-12-9-13-25-20)27-21(31)33-15-17-10-7-6-8-11-17/h6-13,16H,14-15H2,1-5H3,(H,27,28,31). The minimum absolute atomic E-state index is 0.00610. The second-order valence-corrected chi connectivity index (χ2v) is 8.70. The zero-order valence-electron chi connectivity index (χ0n) is 19.9. The van der Waals surface area contributed by atoms with Crippen LogP contribution in [0.2, 0.25) is 0 Å². The van der Waals surface area contributed by atoms with E-state index >= 15 is 0 Å². The highest BCUT2D eigenvalue weighted by Crippen LogP contribution is 2.17. The number of anilines is 1. The van der Waals surface area contributed by atoms with Crippen LogP contribution in [-0.4, -0.2) is 53.5 Å². The molecule has 0 saturated carbocycles. The molecule has 0 bridgehead atoms. The van der Waals surface area contributed by atoms with Crippen LogP contribution in [0.1, 0.15) is 46.0 Å². The molecule has 0 aliphatic carbocycles. The summed E-state index contributed by atoms with van der Waals surface area (Å²) in [6, 6.07) is 10.8. The maximum Gasteiger partial charge on any atom is 0.414 e. The SMILES string of the molecule is CC(C)N(Cc1nc(NC(=O)OCc2ccccc2)nn1-c1ncccn1)C(=O)OC(C)(C)C. The molecular weight excluding hydrogens is 438 g/mol. The molecule has 11 heteroatoms. The highest BCUT2D eigenvalue weighted by molar-refractivity contribution is 5.82. The lowest BCUT2D eigenvalue weighted by Crippen LogP contribution is -2.41. The van der Waals surface area contributed by atoms with Crippen molar-refractivity contribution in [1.82, 2.24) is 29.6 Å². The number of hydrogen-bond donors (Lipinski definition) is 1. The maximum atomic E-state index is 12.8. The van der Waals surface area contributed by atoms with Gasteiger partial charge in [0.05, 0.1) is 6.54 Å². The summed E-state index contributed by atoms with van der Waals surface area (Å²) in [7, 11) is 0. The Bertz CT molecular complexity index is 1100. The molecule has 34 heavy (non-hydrogen) atoms. The first-order valence-electron chi connectivity index (χ1n) is 10.8. The molecule has 1 N–H and O–H groups in total. The van der Waals surface area contributed by atoms with E-state index in [0.29, 0.717) is 5.82 Å². The quantitative estimate of drug-likeness (QED) is 0.554. The molecule has 0 aliphatic rings. The molecule has 0 atom stereocenters. The van der Waals surface area contributed by atoms with Crippen molar-refractivity contribution in [2.24, 2.45) is 0 Å². The van der Waals surface area contributed by atoms with Crippen molar-refractivity contribution in [2.45, 2.75) is 59.4 Å². The molecule has 3 aromatic rings. The smallest absolute Gasteiger partial charge is 0.414 e. The average molecular weight is 468 g/mol. The lowest BCUT2D eigenvalue weighted by atomic mass is 10.2. The Morgan fingerprint density at radius 2 is 1.76 bits per heavy atom. The van der Waals surface area contributed by atoms with Crippen molar-refractivity contribution >= 4 is 18.1 Å². The van der Waals surface area contributed by atoms with Crippen molar-refractivity contribution in [3.05, 3.63) is 60.2 Å². The zero-order chi connectivity index (χ0) is 24.7. The molecule has 0 spiro atoms. The van der Waals surface area contributed by atoms with Crippen molar-refractivity contribution in [3.63, 3.8) is 0 Å². The summed E-state index contributed by atoms with van der Waals surface area (Å²) in [4.78, 5) is 39.4. The third-order valence-electron chi connectivity index (χ3n) is 4.41. The normalized spacial score (nSPS) is 11.2. The summed E-state index contributed by atoms with van der Waals surface area (Å²) in [6.45, 7) is 9.28. The van der Waals surface area contributed by atoms with Gasteiger partial charge in [-0.1, -0.05) is 30.3 Å². The highest BCUT2D eigenvalue weighted by atomic mass is 16.6. The summed E-state index contributed by atoms with van der Waals surface area (Å²) >= 11 is 0. The first-order chi connectivity index (χ1) is 16.1. The first-order valence-corrected chi connectivity index (χ1v) is 10.8. The van der Waals surface area contributed by atoms with Gasteiger partial charge >= 0.3 is 12.2 Å². The number of carbonyl (C=O) groups is 2. The van der Waals surface area contributed by atoms with E-state index in [1.54, 1.807) is 39.2 Å². The second-order valence-electron chi connectivity index (χ2n) is 8.70. The molecule has 2 aromatic heterocycles. The van der Waals surface area contributed by atoms with Gasteiger partial charge in [-0.15, -0.1) is 5.10 Å². The number of amides is 2. The molecule has 0 aliphatic heterocycles. The van der Waals surface area contributed by atoms with Gasteiger partial charge in [-0.25, -0.2) is 19.6 Å². The molecule has 1 aromatic carbocycles. The fourth-order valence-electron chi connectivity index (χ4n) is 2.84. The number of rotatable bonds is 7. The van der Waals surface area contributed by atoms with E-state index in [0.717, 1.165) is 5.56 Å². The lowest BCUT2D eigenvalue weighted by Gasteiger charge is -2.29. The van der Waals surface area contributed by atoms with Crippen LogP contribution in [-0.2, 0) is 22.6 Å². The molecule has 180 valence electrons. The maximum absolute atomic E-state index is 12.8. The first kappa shape index (κ1) is 24.6. The lowest BCUT2D eigenvalue weighted by molar-refractivity contribution is 0.0165. The number of hydrogen-bond acceptors (Lipinski definition) is 8. The minimum atomic E-state index is -0.714. The van der Waals surface area contributed by atoms with Gasteiger partial charge in [0.1, 0.15) is 12.2 Å². The summed E-state index contributed by atoms with van der Waals surface area (Å²) in [5.41, 5.74) is 0.190. The molecule has 2 amide bonds. The number of aromatic nitrogens is 5. The van der Waals surface area contributed by atoms with Gasteiger partial charge in [0.2, 0.25) is 0 Å². The third kappa shape index (κ3) is 6.99. The van der Waals surface area contributed by atoms with Crippen LogP contribution in [0.3, 0.4) is 0 Å². The summed E-state index contributed by atoms with van der Waals surface area (Å²) in [6.07, 6.45) is 1.91. The summed E-state index contributed by atoms with van der Waals surface area (Å²) < 4.78 is 12.1. The van der Waals surface area contributed by atoms with Gasteiger partial charge in [-0.05, 0) is 46.2 Å². The Balaban J connectivity index is 1.81. The largest absolute Gasteiger partial charge is 0.444 e. The fraction of sp³-hybridized carbons (Fsp3) is 0.391. The molecular formula is C23H29N7O4. The van der Waals surface area contributed by atoms with E-state index in [2.05, 4.69) is 25.4 Å². The predicted molar refractivity (Wildman–Crippen MR) is 124 cm³/mol. The molecule has 11 nitrogen and oxygen atoms in total. The monoisotopic (exact) mass is 467 g/mol. The molecule has 2 heterocycles. The number of nitrogens with one attached hydrogen (secondary N) is 1. The van der Waals surface area contributed by atoms with Crippen LogP contribution >= 0.6 is 0 Å². The van der Waals surface area contributed by atoms with Crippen molar-refractivity contribution in [1.29, 1.82) is 0 Å². The van der Waals surface area contributed by atoms with Gasteiger partial charge in [0.25, 0.3) is 11.9 Å². The molecule has 0 unspecified atom stereocenters. The zero-order valence-corrected chi connectivity index (χ0v) is 19.9. The van der Waals surface area contributed by atoms with Gasteiger partial charge in [-0.3, -0.25) is 10.2 Å². The second kappa shape index (κ2) is 10.7. The van der Waals surface area contributed by atoms with Crippen molar-refractivity contribution in [3.8, 4) is 5.95 Å². The van der Waals surface area contributed by atoms with Crippen molar-refractivity contribution < 1.29 is 19.1 Å². The molecule has 0 radical (unpaired) electrons. The van der Waals surface area contributed by atoms with Gasteiger partial charge in [-0.2, -0.15) is 9.67 Å². The molecule has 0 fully saturated rings. The van der Waals surface area contributed by atoms with Crippen LogP contribution in [0, 0.1) is 0 Å². The molecule has 0 saturated heterocycles. The van der Waals surface area contributed by atoms with Crippen LogP contribution in [0.5, 0.6) is 0 Å². The average Bonchev–Trinajstić information content (AvgIpc) is 3.18. The van der Waals surface area contributed by atoms with Crippen LogP contribution < -0.4 is 5.32 Å². The third-order valence-corrected chi connectivity index (χ3v) is 4.41. The Hall–Kier alpha value is -4.02. The van der Waals surface area contributed by atoms with E-state index in [9.17, 15) is 9.59 Å². The van der Waals surface area contributed by atoms with Crippen LogP contribution in [0.4, 0.5) is 15.5 Å². The number of ether oxygens (including phenoxy) is 2. The minimum Gasteiger partial charge on any atom is -0.444 e. The van der Waals surface area contributed by atoms with E-state index in [4.69, 9.17) is 9.47 Å². The fourth-order valence-corrected chi connectivity index (χ4v) is 2.84. The number of nitrogens with zero attached hydrogens (tertiary/aromatic N) is 6. The van der Waals surface area contributed by atoms with Gasteiger partial charge in [0, 0.05) is 18.4 Å². The highest BCUT2D eigenvalue weighted by Gasteiger charge is 2.27. The Labute approximate surface area is 198 Å². The van der Waals surface area contributed by atoms with E-state index in [-0.39, 0.29) is 31.1 Å². The molecule has 3 rings (SSSR count). The van der Waals surface area contributed by atoms with Crippen LogP contribution in [0.15, 0.2) is 48.8 Å². The Morgan fingerprint density at radius 3 is 2.38 bits per heavy atom. The Morgan fingerprint density at radius 1 is 1.09 bits per heavy atom.